The van der Waals surface area contributed by atoms with E-state index in [9.17, 15) is 14.0 Å². The van der Waals surface area contributed by atoms with Crippen molar-refractivity contribution in [3.8, 4) is 5.69 Å². The third-order valence-corrected chi connectivity index (χ3v) is 6.34. The largest absolute Gasteiger partial charge is 0.349 e. The quantitative estimate of drug-likeness (QED) is 0.761. The molecule has 4 rings (SSSR count). The standard InChI is InChI=1S/C24H31FN4O2/c1-24(2)14-20(27-22(30)6-5-13-28-12-4-3-7-23(28)31)19-16-26-29(21(19)15-24)18-10-8-17(25)9-11-18/h8-11,16,20H,3-7,12-15H2,1-2H3,(H,27,30)/t20-/m1/s1. The first-order valence-electron chi connectivity index (χ1n) is 11.2. The van der Waals surface area contributed by atoms with Gasteiger partial charge in [-0.3, -0.25) is 9.59 Å². The number of rotatable bonds is 6. The Kier molecular flexibility index (Phi) is 6.12. The van der Waals surface area contributed by atoms with E-state index in [2.05, 4.69) is 24.3 Å². The van der Waals surface area contributed by atoms with Crippen LogP contribution in [0.3, 0.4) is 0 Å². The van der Waals surface area contributed by atoms with Crippen molar-refractivity contribution < 1.29 is 14.0 Å². The summed E-state index contributed by atoms with van der Waals surface area (Å²) in [6, 6.07) is 6.21. The molecule has 1 aromatic heterocycles. The molecule has 1 N–H and O–H groups in total. The summed E-state index contributed by atoms with van der Waals surface area (Å²) in [6.07, 6.45) is 7.23. The van der Waals surface area contributed by atoms with Crippen molar-refractivity contribution in [2.45, 2.75) is 64.8 Å². The molecular weight excluding hydrogens is 395 g/mol. The molecule has 1 saturated heterocycles. The lowest BCUT2D eigenvalue weighted by Crippen LogP contribution is -2.38. The smallest absolute Gasteiger partial charge is 0.222 e. The molecule has 6 nitrogen and oxygen atoms in total. The van der Waals surface area contributed by atoms with Gasteiger partial charge in [0.15, 0.2) is 0 Å². The van der Waals surface area contributed by atoms with Gasteiger partial charge in [0.2, 0.25) is 11.8 Å². The van der Waals surface area contributed by atoms with Crippen molar-refractivity contribution in [3.63, 3.8) is 0 Å². The summed E-state index contributed by atoms with van der Waals surface area (Å²) in [4.78, 5) is 26.5. The number of fused-ring (bicyclic) bond motifs is 1. The molecule has 7 heteroatoms. The van der Waals surface area contributed by atoms with Gasteiger partial charge in [-0.1, -0.05) is 13.8 Å². The van der Waals surface area contributed by atoms with E-state index in [0.717, 1.165) is 49.2 Å². The van der Waals surface area contributed by atoms with E-state index in [1.54, 1.807) is 12.1 Å². The van der Waals surface area contributed by atoms with Gasteiger partial charge in [-0.05, 0) is 61.8 Å². The molecule has 2 aliphatic rings. The number of amides is 2. The summed E-state index contributed by atoms with van der Waals surface area (Å²) in [5.74, 6) is -0.0623. The fourth-order valence-corrected chi connectivity index (χ4v) is 4.77. The minimum atomic E-state index is -0.276. The van der Waals surface area contributed by atoms with E-state index < -0.39 is 0 Å². The number of halogens is 1. The zero-order valence-electron chi connectivity index (χ0n) is 18.4. The van der Waals surface area contributed by atoms with Gasteiger partial charge < -0.3 is 10.2 Å². The lowest BCUT2D eigenvalue weighted by atomic mass is 9.74. The molecule has 0 spiro atoms. The number of hydrogen-bond donors (Lipinski definition) is 1. The second-order valence-electron chi connectivity index (χ2n) is 9.54. The zero-order chi connectivity index (χ0) is 22.0. The Bertz CT molecular complexity index is 951. The Balaban J connectivity index is 1.42. The Morgan fingerprint density at radius 2 is 2.03 bits per heavy atom. The number of aromatic nitrogens is 2. The molecular formula is C24H31FN4O2. The summed E-state index contributed by atoms with van der Waals surface area (Å²) in [7, 11) is 0. The topological polar surface area (TPSA) is 67.2 Å². The molecule has 1 aliphatic heterocycles. The van der Waals surface area contributed by atoms with Gasteiger partial charge in [0.25, 0.3) is 0 Å². The van der Waals surface area contributed by atoms with Gasteiger partial charge in [0.05, 0.1) is 23.6 Å². The number of carbonyl (C=O) groups excluding carboxylic acids is 2. The average molecular weight is 427 g/mol. The molecule has 0 saturated carbocycles. The molecule has 166 valence electrons. The van der Waals surface area contributed by atoms with Gasteiger partial charge in [0, 0.05) is 31.5 Å². The molecule has 2 aromatic rings. The summed E-state index contributed by atoms with van der Waals surface area (Å²) in [5.41, 5.74) is 2.91. The highest BCUT2D eigenvalue weighted by Gasteiger charge is 2.36. The Morgan fingerprint density at radius 1 is 1.26 bits per heavy atom. The van der Waals surface area contributed by atoms with Crippen LogP contribution in [0.25, 0.3) is 5.69 Å². The first kappa shape index (κ1) is 21.5. The molecule has 2 heterocycles. The highest BCUT2D eigenvalue weighted by Crippen LogP contribution is 2.41. The van der Waals surface area contributed by atoms with Crippen LogP contribution in [0.2, 0.25) is 0 Å². The van der Waals surface area contributed by atoms with Crippen molar-refractivity contribution in [2.24, 2.45) is 5.41 Å². The molecule has 1 atom stereocenters. The fraction of sp³-hybridized carbons (Fsp3) is 0.542. The van der Waals surface area contributed by atoms with Crippen LogP contribution in [0, 0.1) is 11.2 Å². The minimum absolute atomic E-state index is 0.00296. The number of nitrogens with one attached hydrogen (secondary N) is 1. The van der Waals surface area contributed by atoms with Gasteiger partial charge in [-0.15, -0.1) is 0 Å². The highest BCUT2D eigenvalue weighted by atomic mass is 19.1. The van der Waals surface area contributed by atoms with Crippen LogP contribution in [0.15, 0.2) is 30.5 Å². The first-order valence-corrected chi connectivity index (χ1v) is 11.2. The molecule has 31 heavy (non-hydrogen) atoms. The molecule has 2 amide bonds. The SMILES string of the molecule is CC1(C)Cc2c(cnn2-c2ccc(F)cc2)[C@H](NC(=O)CCCN2CCCCC2=O)C1. The second-order valence-corrected chi connectivity index (χ2v) is 9.54. The van der Waals surface area contributed by atoms with E-state index >= 15 is 0 Å². The van der Waals surface area contributed by atoms with Gasteiger partial charge in [0.1, 0.15) is 5.82 Å². The minimum Gasteiger partial charge on any atom is -0.349 e. The fourth-order valence-electron chi connectivity index (χ4n) is 4.77. The van der Waals surface area contributed by atoms with Crippen molar-refractivity contribution in [3.05, 3.63) is 47.5 Å². The van der Waals surface area contributed by atoms with Crippen LogP contribution in [0.4, 0.5) is 4.39 Å². The number of carbonyl (C=O) groups is 2. The molecule has 0 radical (unpaired) electrons. The van der Waals surface area contributed by atoms with Gasteiger partial charge in [-0.25, -0.2) is 9.07 Å². The van der Waals surface area contributed by atoms with Crippen LogP contribution < -0.4 is 5.32 Å². The monoisotopic (exact) mass is 426 g/mol. The predicted octanol–water partition coefficient (Wildman–Crippen LogP) is 3.93. The van der Waals surface area contributed by atoms with Crippen LogP contribution in [-0.2, 0) is 16.0 Å². The van der Waals surface area contributed by atoms with Crippen molar-refractivity contribution in [2.75, 3.05) is 13.1 Å². The van der Waals surface area contributed by atoms with E-state index in [0.29, 0.717) is 25.8 Å². The van der Waals surface area contributed by atoms with Gasteiger partial charge in [-0.2, -0.15) is 5.10 Å². The number of hydrogen-bond acceptors (Lipinski definition) is 3. The van der Waals surface area contributed by atoms with E-state index in [4.69, 9.17) is 0 Å². The molecule has 0 bridgehead atoms. The summed E-state index contributed by atoms with van der Waals surface area (Å²) >= 11 is 0. The Morgan fingerprint density at radius 3 is 2.77 bits per heavy atom. The van der Waals surface area contributed by atoms with Crippen molar-refractivity contribution in [1.82, 2.24) is 20.0 Å². The number of piperidine rings is 1. The lowest BCUT2D eigenvalue weighted by molar-refractivity contribution is -0.133. The van der Waals surface area contributed by atoms with Gasteiger partial charge >= 0.3 is 0 Å². The van der Waals surface area contributed by atoms with Crippen molar-refractivity contribution >= 4 is 11.8 Å². The van der Waals surface area contributed by atoms with Crippen LogP contribution in [-0.4, -0.2) is 39.6 Å². The molecule has 1 aliphatic carbocycles. The van der Waals surface area contributed by atoms with E-state index in [1.807, 2.05) is 15.8 Å². The van der Waals surface area contributed by atoms with Crippen LogP contribution in [0.5, 0.6) is 0 Å². The summed E-state index contributed by atoms with van der Waals surface area (Å²) in [6.45, 7) is 5.84. The maximum Gasteiger partial charge on any atom is 0.222 e. The number of benzene rings is 1. The van der Waals surface area contributed by atoms with Crippen molar-refractivity contribution in [1.29, 1.82) is 0 Å². The summed E-state index contributed by atoms with van der Waals surface area (Å²) < 4.78 is 15.2. The first-order chi connectivity index (χ1) is 14.8. The third kappa shape index (κ3) is 4.97. The maximum absolute atomic E-state index is 13.3. The lowest BCUT2D eigenvalue weighted by Gasteiger charge is -2.36. The highest BCUT2D eigenvalue weighted by molar-refractivity contribution is 5.78. The Labute approximate surface area is 182 Å². The normalized spacial score (nSPS) is 20.4. The zero-order valence-corrected chi connectivity index (χ0v) is 18.4. The third-order valence-electron chi connectivity index (χ3n) is 6.34. The molecule has 1 aromatic carbocycles. The second kappa shape index (κ2) is 8.81. The predicted molar refractivity (Wildman–Crippen MR) is 116 cm³/mol. The van der Waals surface area contributed by atoms with Crippen LogP contribution in [0.1, 0.15) is 69.7 Å². The molecule has 1 fully saturated rings. The van der Waals surface area contributed by atoms with E-state index in [-0.39, 0.29) is 29.1 Å². The molecule has 0 unspecified atom stereocenters. The maximum atomic E-state index is 13.3. The van der Waals surface area contributed by atoms with Crippen LogP contribution >= 0.6 is 0 Å². The van der Waals surface area contributed by atoms with E-state index in [1.165, 1.54) is 12.1 Å². The number of likely N-dealkylation sites (tertiary alicyclic amines) is 1. The average Bonchev–Trinajstić information content (AvgIpc) is 3.13. The number of nitrogens with zero attached hydrogens (tertiary/aromatic N) is 3. The summed E-state index contributed by atoms with van der Waals surface area (Å²) in [5, 5.41) is 7.75. The Hall–Kier alpha value is -2.70.